The fraction of sp³-hybridized carbons (Fsp3) is 0.429. The zero-order valence-corrected chi connectivity index (χ0v) is 13.5. The summed E-state index contributed by atoms with van der Waals surface area (Å²) in [5, 5.41) is 9.27. The Bertz CT molecular complexity index is 571. The van der Waals surface area contributed by atoms with Gasteiger partial charge in [-0.2, -0.15) is 0 Å². The summed E-state index contributed by atoms with van der Waals surface area (Å²) in [6, 6.07) is 3.91. The maximum atomic E-state index is 13.2. The van der Waals surface area contributed by atoms with Crippen molar-refractivity contribution in [1.29, 1.82) is 0 Å². The van der Waals surface area contributed by atoms with Gasteiger partial charge in [0.1, 0.15) is 11.4 Å². The van der Waals surface area contributed by atoms with Crippen molar-refractivity contribution in [2.45, 2.75) is 38.3 Å². The number of carboxylic acid groups (broad SMARTS) is 1. The van der Waals surface area contributed by atoms with E-state index >= 15 is 0 Å². The Labute approximate surface area is 130 Å². The molecule has 0 aromatic heterocycles. The standard InChI is InChI=1S/C14H17BrFNO4/c1-13(2,3)21-12(20)14(17,11(18)19)7-8-4-5-10(16)9(15)6-8/h4-6H,7,17H2,1-3H3,(H,18,19). The van der Waals surface area contributed by atoms with Crippen LogP contribution in [0.5, 0.6) is 0 Å². The predicted molar refractivity (Wildman–Crippen MR) is 78.2 cm³/mol. The lowest BCUT2D eigenvalue weighted by Crippen LogP contribution is -2.58. The van der Waals surface area contributed by atoms with E-state index in [0.29, 0.717) is 5.56 Å². The molecule has 0 saturated heterocycles. The fourth-order valence-electron chi connectivity index (χ4n) is 1.58. The van der Waals surface area contributed by atoms with Gasteiger partial charge in [-0.1, -0.05) is 6.07 Å². The van der Waals surface area contributed by atoms with E-state index in [0.717, 1.165) is 6.07 Å². The number of benzene rings is 1. The minimum atomic E-state index is -2.23. The Morgan fingerprint density at radius 2 is 1.95 bits per heavy atom. The number of halogens is 2. The molecule has 0 spiro atoms. The molecule has 0 aliphatic carbocycles. The molecule has 1 aromatic rings. The topological polar surface area (TPSA) is 89.6 Å². The van der Waals surface area contributed by atoms with Crippen molar-refractivity contribution in [3.8, 4) is 0 Å². The summed E-state index contributed by atoms with van der Waals surface area (Å²) < 4.78 is 18.4. The number of aliphatic carboxylic acids is 1. The van der Waals surface area contributed by atoms with Crippen molar-refractivity contribution in [3.05, 3.63) is 34.1 Å². The molecule has 21 heavy (non-hydrogen) atoms. The zero-order valence-electron chi connectivity index (χ0n) is 11.9. The highest BCUT2D eigenvalue weighted by atomic mass is 79.9. The molecule has 0 aliphatic rings. The van der Waals surface area contributed by atoms with Crippen LogP contribution < -0.4 is 5.73 Å². The summed E-state index contributed by atoms with van der Waals surface area (Å²) in [7, 11) is 0. The molecule has 0 fully saturated rings. The van der Waals surface area contributed by atoms with Crippen LogP contribution in [0.3, 0.4) is 0 Å². The smallest absolute Gasteiger partial charge is 0.338 e. The van der Waals surface area contributed by atoms with Gasteiger partial charge in [0, 0.05) is 6.42 Å². The first-order valence-electron chi connectivity index (χ1n) is 6.15. The van der Waals surface area contributed by atoms with Crippen LogP contribution in [0.2, 0.25) is 0 Å². The normalized spacial score (nSPS) is 14.4. The molecule has 5 nitrogen and oxygen atoms in total. The van der Waals surface area contributed by atoms with Gasteiger partial charge in [-0.15, -0.1) is 0 Å². The van der Waals surface area contributed by atoms with Crippen LogP contribution in [0.1, 0.15) is 26.3 Å². The third-order valence-corrected chi connectivity index (χ3v) is 3.22. The number of esters is 1. The zero-order chi connectivity index (χ0) is 16.4. The molecule has 0 saturated carbocycles. The number of nitrogens with two attached hydrogens (primary N) is 1. The Hall–Kier alpha value is -1.47. The van der Waals surface area contributed by atoms with Crippen LogP contribution in [-0.2, 0) is 20.7 Å². The first kappa shape index (κ1) is 17.6. The SMILES string of the molecule is CC(C)(C)OC(=O)C(N)(Cc1ccc(F)c(Br)c1)C(=O)O. The van der Waals surface area contributed by atoms with Gasteiger partial charge in [-0.3, -0.25) is 0 Å². The van der Waals surface area contributed by atoms with Crippen LogP contribution in [-0.4, -0.2) is 28.2 Å². The van der Waals surface area contributed by atoms with E-state index < -0.39 is 28.9 Å². The quantitative estimate of drug-likeness (QED) is 0.634. The van der Waals surface area contributed by atoms with Crippen LogP contribution >= 0.6 is 15.9 Å². The highest BCUT2D eigenvalue weighted by Crippen LogP contribution is 2.22. The second-order valence-corrected chi connectivity index (χ2v) is 6.56. The van der Waals surface area contributed by atoms with Gasteiger partial charge in [0.05, 0.1) is 4.47 Å². The van der Waals surface area contributed by atoms with Crippen LogP contribution in [0.4, 0.5) is 4.39 Å². The van der Waals surface area contributed by atoms with Gasteiger partial charge in [-0.05, 0) is 54.4 Å². The molecular formula is C14H17BrFNO4. The van der Waals surface area contributed by atoms with Gasteiger partial charge < -0.3 is 15.6 Å². The third-order valence-electron chi connectivity index (χ3n) is 2.61. The first-order valence-corrected chi connectivity index (χ1v) is 6.94. The number of hydrogen-bond acceptors (Lipinski definition) is 4. The minimum absolute atomic E-state index is 0.164. The monoisotopic (exact) mass is 361 g/mol. The average molecular weight is 362 g/mol. The van der Waals surface area contributed by atoms with Gasteiger partial charge in [0.2, 0.25) is 5.54 Å². The van der Waals surface area contributed by atoms with Crippen molar-refractivity contribution >= 4 is 27.9 Å². The molecule has 0 amide bonds. The van der Waals surface area contributed by atoms with Gasteiger partial charge in [-0.25, -0.2) is 14.0 Å². The van der Waals surface area contributed by atoms with E-state index in [9.17, 15) is 19.1 Å². The predicted octanol–water partition coefficient (Wildman–Crippen LogP) is 2.25. The molecule has 1 rings (SSSR count). The lowest BCUT2D eigenvalue weighted by Gasteiger charge is -2.28. The molecule has 0 aliphatic heterocycles. The second-order valence-electron chi connectivity index (χ2n) is 5.70. The summed E-state index contributed by atoms with van der Waals surface area (Å²) in [6.07, 6.45) is -0.309. The van der Waals surface area contributed by atoms with Crippen molar-refractivity contribution < 1.29 is 23.8 Å². The van der Waals surface area contributed by atoms with E-state index in [1.54, 1.807) is 20.8 Å². The van der Waals surface area contributed by atoms with Crippen LogP contribution in [0, 0.1) is 5.82 Å². The number of ether oxygens (including phenoxy) is 1. The Kier molecular flexibility index (Phi) is 5.11. The Morgan fingerprint density at radius 3 is 2.38 bits per heavy atom. The molecule has 3 N–H and O–H groups in total. The molecule has 0 bridgehead atoms. The highest BCUT2D eigenvalue weighted by Gasteiger charge is 2.45. The van der Waals surface area contributed by atoms with E-state index in [1.165, 1.54) is 12.1 Å². The molecule has 1 unspecified atom stereocenters. The highest BCUT2D eigenvalue weighted by molar-refractivity contribution is 9.10. The molecule has 7 heteroatoms. The van der Waals surface area contributed by atoms with Gasteiger partial charge >= 0.3 is 11.9 Å². The maximum Gasteiger partial charge on any atom is 0.338 e. The van der Waals surface area contributed by atoms with E-state index in [2.05, 4.69) is 15.9 Å². The van der Waals surface area contributed by atoms with Crippen LogP contribution in [0.15, 0.2) is 22.7 Å². The molecule has 1 aromatic carbocycles. The van der Waals surface area contributed by atoms with E-state index in [4.69, 9.17) is 10.5 Å². The lowest BCUT2D eigenvalue weighted by molar-refractivity contribution is -0.169. The molecular weight excluding hydrogens is 345 g/mol. The van der Waals surface area contributed by atoms with Crippen molar-refractivity contribution in [1.82, 2.24) is 0 Å². The molecule has 0 radical (unpaired) electrons. The Morgan fingerprint density at radius 1 is 1.38 bits per heavy atom. The van der Waals surface area contributed by atoms with E-state index in [-0.39, 0.29) is 10.9 Å². The number of hydrogen-bond donors (Lipinski definition) is 2. The largest absolute Gasteiger partial charge is 0.479 e. The van der Waals surface area contributed by atoms with Crippen molar-refractivity contribution in [2.75, 3.05) is 0 Å². The summed E-state index contributed by atoms with van der Waals surface area (Å²) in [5.74, 6) is -3.03. The molecule has 116 valence electrons. The average Bonchev–Trinajstić information content (AvgIpc) is 2.31. The summed E-state index contributed by atoms with van der Waals surface area (Å²) in [4.78, 5) is 23.5. The number of rotatable bonds is 4. The minimum Gasteiger partial charge on any atom is -0.479 e. The first-order chi connectivity index (χ1) is 9.45. The van der Waals surface area contributed by atoms with Crippen molar-refractivity contribution in [2.24, 2.45) is 5.73 Å². The van der Waals surface area contributed by atoms with Gasteiger partial charge in [0.15, 0.2) is 0 Å². The Balaban J connectivity index is 3.08. The van der Waals surface area contributed by atoms with Crippen molar-refractivity contribution in [3.63, 3.8) is 0 Å². The van der Waals surface area contributed by atoms with Gasteiger partial charge in [0.25, 0.3) is 0 Å². The third kappa shape index (κ3) is 4.50. The maximum absolute atomic E-state index is 13.2. The number of carboxylic acids is 1. The van der Waals surface area contributed by atoms with Crippen LogP contribution in [0.25, 0.3) is 0 Å². The summed E-state index contributed by atoms with van der Waals surface area (Å²) in [6.45, 7) is 4.84. The number of carbonyl (C=O) groups excluding carboxylic acids is 1. The molecule has 0 heterocycles. The second kappa shape index (κ2) is 6.11. The number of carbonyl (C=O) groups is 2. The molecule has 1 atom stereocenters. The lowest BCUT2D eigenvalue weighted by atomic mass is 9.91. The fourth-order valence-corrected chi connectivity index (χ4v) is 2.00. The van der Waals surface area contributed by atoms with E-state index in [1.807, 2.05) is 0 Å². The summed E-state index contributed by atoms with van der Waals surface area (Å²) in [5.41, 5.74) is 3.04. The summed E-state index contributed by atoms with van der Waals surface area (Å²) >= 11 is 3.00.